The third-order valence-electron chi connectivity index (χ3n) is 6.02. The van der Waals surface area contributed by atoms with Crippen molar-refractivity contribution in [3.8, 4) is 0 Å². The van der Waals surface area contributed by atoms with E-state index in [1.54, 1.807) is 0 Å². The monoisotopic (exact) mass is 553 g/mol. The van der Waals surface area contributed by atoms with E-state index in [4.69, 9.17) is 16.4 Å². The molecule has 0 saturated carbocycles. The van der Waals surface area contributed by atoms with Gasteiger partial charge in [-0.25, -0.2) is 4.39 Å². The second-order valence-electron chi connectivity index (χ2n) is 9.31. The Balaban J connectivity index is 1.62. The average Bonchev–Trinajstić information content (AvgIpc) is 3.22. The number of likely N-dealkylation sites (tertiary alicyclic amines) is 1. The van der Waals surface area contributed by atoms with Gasteiger partial charge < -0.3 is 10.0 Å². The van der Waals surface area contributed by atoms with E-state index >= 15 is 4.39 Å². The maximum absolute atomic E-state index is 15.2. The lowest BCUT2D eigenvalue weighted by Gasteiger charge is -2.45. The summed E-state index contributed by atoms with van der Waals surface area (Å²) in [7, 11) is 0. The molecule has 2 N–H and O–H groups in total. The topological polar surface area (TPSA) is 74.7 Å². The van der Waals surface area contributed by atoms with Gasteiger partial charge in [0.05, 0.1) is 35.1 Å². The Labute approximate surface area is 210 Å². The number of hydrogen-bond acceptors (Lipinski definition) is 5. The molecular formula is C23H19ClF7N3O3. The number of amides is 1. The van der Waals surface area contributed by atoms with Crippen LogP contribution in [0.3, 0.4) is 0 Å². The van der Waals surface area contributed by atoms with Gasteiger partial charge in [0.15, 0.2) is 5.67 Å². The van der Waals surface area contributed by atoms with Crippen molar-refractivity contribution >= 4 is 23.2 Å². The summed E-state index contributed by atoms with van der Waals surface area (Å²) in [5.41, 5.74) is -7.56. The lowest BCUT2D eigenvalue weighted by Crippen LogP contribution is -2.62. The predicted octanol–water partition coefficient (Wildman–Crippen LogP) is 4.87. The summed E-state index contributed by atoms with van der Waals surface area (Å²) in [6, 6.07) is 4.20. The van der Waals surface area contributed by atoms with Crippen molar-refractivity contribution in [3.63, 3.8) is 0 Å². The first-order valence-corrected chi connectivity index (χ1v) is 11.0. The van der Waals surface area contributed by atoms with Gasteiger partial charge in [0.25, 0.3) is 5.91 Å². The molecule has 0 bridgehead atoms. The maximum atomic E-state index is 15.2. The molecule has 0 radical (unpaired) electrons. The van der Waals surface area contributed by atoms with E-state index in [0.717, 1.165) is 17.2 Å². The van der Waals surface area contributed by atoms with Crippen LogP contribution < -0.4 is 5.48 Å². The molecule has 3 heterocycles. The van der Waals surface area contributed by atoms with Crippen LogP contribution in [0.2, 0.25) is 5.02 Å². The third kappa shape index (κ3) is 4.75. The first-order chi connectivity index (χ1) is 16.9. The number of alkyl halides is 7. The van der Waals surface area contributed by atoms with Gasteiger partial charge in [0.2, 0.25) is 5.60 Å². The van der Waals surface area contributed by atoms with Crippen LogP contribution in [0, 0.1) is 0 Å². The zero-order valence-electron chi connectivity index (χ0n) is 19.1. The minimum Gasteiger partial charge on any atom is -0.381 e. The highest BCUT2D eigenvalue weighted by atomic mass is 35.5. The molecule has 1 aromatic carbocycles. The third-order valence-corrected chi connectivity index (χ3v) is 6.35. The Hall–Kier alpha value is -2.90. The number of nitrogens with zero attached hydrogens (tertiary/aromatic N) is 2. The summed E-state index contributed by atoms with van der Waals surface area (Å²) in [6.07, 6.45) is -8.56. The van der Waals surface area contributed by atoms with Gasteiger partial charge in [0.1, 0.15) is 5.60 Å². The smallest absolute Gasteiger partial charge is 0.381 e. The van der Waals surface area contributed by atoms with Gasteiger partial charge in [-0.2, -0.15) is 26.3 Å². The van der Waals surface area contributed by atoms with Crippen LogP contribution in [0.4, 0.5) is 30.7 Å². The molecule has 14 heteroatoms. The molecule has 2 aliphatic heterocycles. The number of pyridine rings is 1. The van der Waals surface area contributed by atoms with E-state index in [9.17, 15) is 36.2 Å². The summed E-state index contributed by atoms with van der Waals surface area (Å²) in [4.78, 5) is 21.9. The van der Waals surface area contributed by atoms with E-state index in [1.165, 1.54) is 26.0 Å². The lowest BCUT2D eigenvalue weighted by atomic mass is 9.89. The Morgan fingerprint density at radius 2 is 1.78 bits per heavy atom. The molecule has 200 valence electrons. The summed E-state index contributed by atoms with van der Waals surface area (Å²) in [5.74, 6) is -0.672. The van der Waals surface area contributed by atoms with Crippen molar-refractivity contribution in [2.24, 2.45) is 0 Å². The minimum absolute atomic E-state index is 0.0345. The Kier molecular flexibility index (Phi) is 6.28. The molecule has 6 nitrogen and oxygen atoms in total. The van der Waals surface area contributed by atoms with Crippen LogP contribution in [0.1, 0.15) is 36.2 Å². The molecule has 1 unspecified atom stereocenters. The molecule has 1 saturated heterocycles. The van der Waals surface area contributed by atoms with Gasteiger partial charge in [-0.3, -0.25) is 20.1 Å². The number of rotatable bonds is 4. The highest BCUT2D eigenvalue weighted by Crippen LogP contribution is 2.49. The van der Waals surface area contributed by atoms with Gasteiger partial charge in [-0.05, 0) is 44.2 Å². The molecule has 0 spiro atoms. The average molecular weight is 554 g/mol. The molecule has 37 heavy (non-hydrogen) atoms. The number of nitrogens with one attached hydrogen (secondary N) is 1. The summed E-state index contributed by atoms with van der Waals surface area (Å²) in [5, 5.41) is 9.00. The number of aliphatic hydroxyl groups is 1. The molecule has 2 aromatic rings. The molecular weight excluding hydrogens is 535 g/mol. The van der Waals surface area contributed by atoms with Gasteiger partial charge in [0, 0.05) is 17.3 Å². The molecule has 1 atom stereocenters. The highest BCUT2D eigenvalue weighted by molar-refractivity contribution is 6.31. The lowest BCUT2D eigenvalue weighted by molar-refractivity contribution is -0.269. The van der Waals surface area contributed by atoms with Crippen LogP contribution in [-0.2, 0) is 27.1 Å². The first kappa shape index (κ1) is 27.1. The maximum Gasteiger partial charge on any atom is 0.428 e. The highest BCUT2D eigenvalue weighted by Gasteiger charge is 2.60. The molecule has 1 amide bonds. The van der Waals surface area contributed by atoms with Gasteiger partial charge in [-0.1, -0.05) is 17.7 Å². The number of halogens is 8. The summed E-state index contributed by atoms with van der Waals surface area (Å²) < 4.78 is 97.4. The first-order valence-electron chi connectivity index (χ1n) is 10.7. The number of carbonyl (C=O) groups excluding carboxylic acids is 1. The van der Waals surface area contributed by atoms with Crippen molar-refractivity contribution in [3.05, 3.63) is 70.0 Å². The quantitative estimate of drug-likeness (QED) is 0.529. The Morgan fingerprint density at radius 3 is 2.30 bits per heavy atom. The van der Waals surface area contributed by atoms with E-state index in [1.807, 2.05) is 0 Å². The summed E-state index contributed by atoms with van der Waals surface area (Å²) in [6.45, 7) is 1.78. The normalized spacial score (nSPS) is 21.8. The second-order valence-corrected chi connectivity index (χ2v) is 9.71. The van der Waals surface area contributed by atoms with Gasteiger partial charge in [-0.15, -0.1) is 0 Å². The van der Waals surface area contributed by atoms with Crippen LogP contribution in [0.5, 0.6) is 0 Å². The minimum atomic E-state index is -5.18. The fourth-order valence-electron chi connectivity index (χ4n) is 4.03. The van der Waals surface area contributed by atoms with Gasteiger partial charge >= 0.3 is 12.4 Å². The molecule has 0 aliphatic carbocycles. The largest absolute Gasteiger partial charge is 0.428 e. The number of carbonyl (C=O) groups is 1. The standard InChI is InChI=1S/C23H19ClF7N3O3/c1-19(2,36)18(35)34-10-20(25,11-34)17-6-3-12(9-32-17)16-8-21(37-33-16,23(29,30)31)13-4-5-15(24)14(7-13)22(26,27)28/h3-9,33,36H,10-11H2,1-2H3. The zero-order chi connectivity index (χ0) is 27.6. The molecule has 4 rings (SSSR count). The molecule has 1 fully saturated rings. The Morgan fingerprint density at radius 1 is 1.14 bits per heavy atom. The molecule has 1 aromatic heterocycles. The SMILES string of the molecule is CC(C)(O)C(=O)N1CC(F)(c2ccc(C3=CC(c4ccc(Cl)c(C(F)(F)F)c4)(C(F)(F)F)ON3)cn2)C1. The van der Waals surface area contributed by atoms with Crippen LogP contribution in [0.25, 0.3) is 5.70 Å². The number of benzene rings is 1. The van der Waals surface area contributed by atoms with E-state index in [2.05, 4.69) is 10.5 Å². The van der Waals surface area contributed by atoms with Crippen molar-refractivity contribution in [2.45, 2.75) is 43.1 Å². The fourth-order valence-corrected chi connectivity index (χ4v) is 4.25. The fraction of sp³-hybridized carbons (Fsp3) is 0.391. The Bertz CT molecular complexity index is 1250. The summed E-state index contributed by atoms with van der Waals surface area (Å²) >= 11 is 5.54. The number of hydroxylamine groups is 1. The predicted molar refractivity (Wildman–Crippen MR) is 116 cm³/mol. The van der Waals surface area contributed by atoms with Crippen LogP contribution in [0.15, 0.2) is 42.6 Å². The van der Waals surface area contributed by atoms with Crippen molar-refractivity contribution < 1.29 is 45.5 Å². The van der Waals surface area contributed by atoms with E-state index < -0.39 is 51.3 Å². The molecule has 2 aliphatic rings. The second kappa shape index (κ2) is 8.57. The van der Waals surface area contributed by atoms with E-state index in [0.29, 0.717) is 12.1 Å². The van der Waals surface area contributed by atoms with Crippen LogP contribution >= 0.6 is 11.6 Å². The van der Waals surface area contributed by atoms with Crippen molar-refractivity contribution in [1.29, 1.82) is 0 Å². The van der Waals surface area contributed by atoms with E-state index in [-0.39, 0.29) is 36.1 Å². The van der Waals surface area contributed by atoms with Crippen LogP contribution in [-0.4, -0.2) is 45.8 Å². The number of hydrogen-bond donors (Lipinski definition) is 2. The zero-order valence-corrected chi connectivity index (χ0v) is 19.9. The van der Waals surface area contributed by atoms with Crippen molar-refractivity contribution in [1.82, 2.24) is 15.4 Å². The van der Waals surface area contributed by atoms with Crippen molar-refractivity contribution in [2.75, 3.05) is 13.1 Å². The number of aromatic nitrogens is 1.